The summed E-state index contributed by atoms with van der Waals surface area (Å²) in [4.78, 5) is 11.5. The summed E-state index contributed by atoms with van der Waals surface area (Å²) in [5.74, 6) is 2.55. The quantitative estimate of drug-likeness (QED) is 0.883. The number of hydrogen-bond acceptors (Lipinski definition) is 1. The first kappa shape index (κ1) is 11.6. The van der Waals surface area contributed by atoms with E-state index < -0.39 is 5.97 Å². The SMILES string of the molecule is Cc1ccn(C2C3CC4CC(C3)CC2C4)c1C(=O)O. The molecule has 1 aromatic heterocycles. The highest BCUT2D eigenvalue weighted by Crippen LogP contribution is 2.58. The Labute approximate surface area is 113 Å². The van der Waals surface area contributed by atoms with Crippen molar-refractivity contribution in [3.05, 3.63) is 23.5 Å². The van der Waals surface area contributed by atoms with Crippen LogP contribution in [-0.4, -0.2) is 15.6 Å². The van der Waals surface area contributed by atoms with Crippen molar-refractivity contribution >= 4 is 5.97 Å². The van der Waals surface area contributed by atoms with Crippen LogP contribution in [0.1, 0.15) is 54.2 Å². The van der Waals surface area contributed by atoms with Crippen molar-refractivity contribution in [2.75, 3.05) is 0 Å². The van der Waals surface area contributed by atoms with Crippen LogP contribution >= 0.6 is 0 Å². The van der Waals surface area contributed by atoms with Crippen LogP contribution in [0.25, 0.3) is 0 Å². The first-order valence-electron chi connectivity index (χ1n) is 7.54. The van der Waals surface area contributed by atoms with Crippen LogP contribution in [0.3, 0.4) is 0 Å². The number of carboxylic acids is 1. The zero-order valence-corrected chi connectivity index (χ0v) is 11.4. The van der Waals surface area contributed by atoms with E-state index in [9.17, 15) is 9.90 Å². The summed E-state index contributed by atoms with van der Waals surface area (Å²) >= 11 is 0. The van der Waals surface area contributed by atoms with Crippen molar-refractivity contribution in [1.29, 1.82) is 0 Å². The van der Waals surface area contributed by atoms with E-state index >= 15 is 0 Å². The first-order valence-corrected chi connectivity index (χ1v) is 7.54. The lowest BCUT2D eigenvalue weighted by atomic mass is 9.54. The lowest BCUT2D eigenvalue weighted by Crippen LogP contribution is -2.46. The average Bonchev–Trinajstić information content (AvgIpc) is 2.69. The molecule has 4 aliphatic carbocycles. The van der Waals surface area contributed by atoms with Crippen LogP contribution in [-0.2, 0) is 0 Å². The van der Waals surface area contributed by atoms with Crippen molar-refractivity contribution in [2.45, 2.75) is 45.1 Å². The smallest absolute Gasteiger partial charge is 0.352 e. The fourth-order valence-electron chi connectivity index (χ4n) is 5.43. The lowest BCUT2D eigenvalue weighted by Gasteiger charge is -2.55. The molecule has 1 heterocycles. The molecule has 19 heavy (non-hydrogen) atoms. The molecule has 1 N–H and O–H groups in total. The van der Waals surface area contributed by atoms with E-state index in [-0.39, 0.29) is 0 Å². The molecule has 4 aliphatic rings. The molecule has 3 heteroatoms. The van der Waals surface area contributed by atoms with Gasteiger partial charge in [0.05, 0.1) is 0 Å². The van der Waals surface area contributed by atoms with Gasteiger partial charge in [0.1, 0.15) is 5.69 Å². The first-order chi connectivity index (χ1) is 9.13. The summed E-state index contributed by atoms with van der Waals surface area (Å²) in [6.45, 7) is 1.91. The van der Waals surface area contributed by atoms with Crippen LogP contribution in [0.15, 0.2) is 12.3 Å². The molecule has 3 nitrogen and oxygen atoms in total. The van der Waals surface area contributed by atoms with Gasteiger partial charge in [-0.3, -0.25) is 0 Å². The van der Waals surface area contributed by atoms with Crippen molar-refractivity contribution in [3.8, 4) is 0 Å². The Kier molecular flexibility index (Phi) is 2.36. The van der Waals surface area contributed by atoms with E-state index in [0.29, 0.717) is 11.7 Å². The number of aromatic nitrogens is 1. The second-order valence-electron chi connectivity index (χ2n) is 6.98. The minimum atomic E-state index is -0.767. The maximum Gasteiger partial charge on any atom is 0.352 e. The predicted octanol–water partition coefficient (Wildman–Crippen LogP) is 3.49. The molecule has 4 fully saturated rings. The molecular weight excluding hydrogens is 238 g/mol. The molecule has 0 spiro atoms. The van der Waals surface area contributed by atoms with E-state index in [1.807, 2.05) is 19.2 Å². The van der Waals surface area contributed by atoms with Gasteiger partial charge in [0.25, 0.3) is 0 Å². The van der Waals surface area contributed by atoms with Gasteiger partial charge in [-0.15, -0.1) is 0 Å². The molecule has 1 aromatic rings. The summed E-state index contributed by atoms with van der Waals surface area (Å²) in [6, 6.07) is 2.42. The molecule has 102 valence electrons. The number of rotatable bonds is 2. The van der Waals surface area contributed by atoms with Gasteiger partial charge in [-0.2, -0.15) is 0 Å². The maximum absolute atomic E-state index is 11.5. The zero-order chi connectivity index (χ0) is 13.1. The van der Waals surface area contributed by atoms with E-state index in [1.54, 1.807) is 0 Å². The van der Waals surface area contributed by atoms with E-state index in [4.69, 9.17) is 0 Å². The largest absolute Gasteiger partial charge is 0.477 e. The number of carbonyl (C=O) groups is 1. The van der Waals surface area contributed by atoms with Crippen molar-refractivity contribution in [3.63, 3.8) is 0 Å². The Hall–Kier alpha value is -1.25. The molecule has 0 radical (unpaired) electrons. The van der Waals surface area contributed by atoms with Crippen LogP contribution in [0.5, 0.6) is 0 Å². The molecule has 0 unspecified atom stereocenters. The molecular formula is C16H21NO2. The van der Waals surface area contributed by atoms with Crippen LogP contribution < -0.4 is 0 Å². The van der Waals surface area contributed by atoms with Crippen LogP contribution in [0.4, 0.5) is 0 Å². The highest BCUT2D eigenvalue weighted by atomic mass is 16.4. The Morgan fingerprint density at radius 1 is 1.16 bits per heavy atom. The zero-order valence-electron chi connectivity index (χ0n) is 11.4. The second-order valence-corrected chi connectivity index (χ2v) is 6.98. The van der Waals surface area contributed by atoms with Crippen molar-refractivity contribution in [1.82, 2.24) is 4.57 Å². The third-order valence-electron chi connectivity index (χ3n) is 5.82. The van der Waals surface area contributed by atoms with Gasteiger partial charge < -0.3 is 9.67 Å². The van der Waals surface area contributed by atoms with Crippen molar-refractivity contribution in [2.24, 2.45) is 23.7 Å². The molecule has 5 rings (SSSR count). The van der Waals surface area contributed by atoms with Gasteiger partial charge in [-0.25, -0.2) is 4.79 Å². The molecule has 0 aliphatic heterocycles. The third kappa shape index (κ3) is 1.60. The summed E-state index contributed by atoms with van der Waals surface area (Å²) < 4.78 is 2.10. The van der Waals surface area contributed by atoms with Gasteiger partial charge in [0.2, 0.25) is 0 Å². The highest BCUT2D eigenvalue weighted by molar-refractivity contribution is 5.87. The van der Waals surface area contributed by atoms with E-state index in [2.05, 4.69) is 4.57 Å². The second kappa shape index (κ2) is 3.87. The third-order valence-corrected chi connectivity index (χ3v) is 5.82. The maximum atomic E-state index is 11.5. The van der Waals surface area contributed by atoms with Gasteiger partial charge in [-0.1, -0.05) is 0 Å². The molecule has 4 bridgehead atoms. The van der Waals surface area contributed by atoms with Crippen LogP contribution in [0, 0.1) is 30.6 Å². The van der Waals surface area contributed by atoms with Crippen LogP contribution in [0.2, 0.25) is 0 Å². The summed E-state index contributed by atoms with van der Waals surface area (Å²) in [5, 5.41) is 9.47. The summed E-state index contributed by atoms with van der Waals surface area (Å²) in [7, 11) is 0. The Balaban J connectivity index is 1.75. The molecule has 0 amide bonds. The fourth-order valence-corrected chi connectivity index (χ4v) is 5.43. The van der Waals surface area contributed by atoms with Gasteiger partial charge >= 0.3 is 5.97 Å². The Morgan fingerprint density at radius 2 is 1.74 bits per heavy atom. The average molecular weight is 259 g/mol. The van der Waals surface area contributed by atoms with Gasteiger partial charge in [-0.05, 0) is 74.3 Å². The molecule has 0 atom stereocenters. The molecule has 4 saturated carbocycles. The predicted molar refractivity (Wildman–Crippen MR) is 72.2 cm³/mol. The number of nitrogens with zero attached hydrogens (tertiary/aromatic N) is 1. The van der Waals surface area contributed by atoms with E-state index in [1.165, 1.54) is 32.1 Å². The monoisotopic (exact) mass is 259 g/mol. The number of carboxylic acid groups (broad SMARTS) is 1. The van der Waals surface area contributed by atoms with E-state index in [0.717, 1.165) is 29.2 Å². The van der Waals surface area contributed by atoms with Gasteiger partial charge in [0.15, 0.2) is 0 Å². The van der Waals surface area contributed by atoms with Gasteiger partial charge in [0, 0.05) is 12.2 Å². The summed E-state index contributed by atoms with van der Waals surface area (Å²) in [5.41, 5.74) is 1.43. The highest BCUT2D eigenvalue weighted by Gasteiger charge is 2.49. The Morgan fingerprint density at radius 3 is 2.26 bits per heavy atom. The minimum Gasteiger partial charge on any atom is -0.477 e. The minimum absolute atomic E-state index is 0.451. The number of aryl methyl sites for hydroxylation is 1. The lowest BCUT2D eigenvalue weighted by molar-refractivity contribution is -0.0300. The van der Waals surface area contributed by atoms with Crippen molar-refractivity contribution < 1.29 is 9.90 Å². The number of hydrogen-bond donors (Lipinski definition) is 1. The normalized spacial score (nSPS) is 39.7. The summed E-state index contributed by atoms with van der Waals surface area (Å²) in [6.07, 6.45) is 8.77. The topological polar surface area (TPSA) is 42.2 Å². The molecule has 0 aromatic carbocycles. The molecule has 0 saturated heterocycles. The number of aromatic carboxylic acids is 1. The fraction of sp³-hybridized carbons (Fsp3) is 0.688. The Bertz CT molecular complexity index is 503. The standard InChI is InChI=1S/C16H21NO2/c1-9-2-3-17(14(9)16(18)19)15-12-5-10-4-11(7-12)8-13(15)6-10/h2-3,10-13,15H,4-8H2,1H3,(H,18,19).